The standard InChI is InChI=1S/C21H30/c1-2-4-6-8-12-18(13-9-7-5-3-1)21-17-16-19-14-10-11-15-20(19)21/h10-11,14-18,21H,1-9,12-13H2. The maximum atomic E-state index is 2.49. The zero-order valence-corrected chi connectivity index (χ0v) is 13.4. The SMILES string of the molecule is C1=CC(C2CCCCCCCCCCC2)c2ccccc21. The Morgan fingerprint density at radius 2 is 1.24 bits per heavy atom. The zero-order valence-electron chi connectivity index (χ0n) is 13.4. The van der Waals surface area contributed by atoms with E-state index in [1.165, 1.54) is 76.2 Å². The molecule has 2 aliphatic rings. The van der Waals surface area contributed by atoms with Gasteiger partial charge in [-0.25, -0.2) is 0 Å². The molecule has 1 fully saturated rings. The van der Waals surface area contributed by atoms with E-state index in [9.17, 15) is 0 Å². The van der Waals surface area contributed by atoms with Gasteiger partial charge in [-0.2, -0.15) is 0 Å². The Morgan fingerprint density at radius 3 is 1.90 bits per heavy atom. The van der Waals surface area contributed by atoms with Gasteiger partial charge in [-0.05, 0) is 29.9 Å². The minimum absolute atomic E-state index is 0.698. The normalized spacial score (nSPS) is 25.0. The molecule has 1 saturated carbocycles. The molecule has 0 nitrogen and oxygen atoms in total. The number of rotatable bonds is 1. The molecule has 0 heteroatoms. The van der Waals surface area contributed by atoms with Gasteiger partial charge < -0.3 is 0 Å². The molecule has 3 rings (SSSR count). The predicted octanol–water partition coefficient (Wildman–Crippen LogP) is 6.72. The smallest absolute Gasteiger partial charge is 0.00555 e. The molecule has 114 valence electrons. The van der Waals surface area contributed by atoms with Gasteiger partial charge in [0.05, 0.1) is 0 Å². The highest BCUT2D eigenvalue weighted by atomic mass is 14.3. The Balaban J connectivity index is 1.65. The van der Waals surface area contributed by atoms with Gasteiger partial charge in [-0.15, -0.1) is 0 Å². The van der Waals surface area contributed by atoms with Crippen LogP contribution in [0.3, 0.4) is 0 Å². The van der Waals surface area contributed by atoms with Gasteiger partial charge in [0.25, 0.3) is 0 Å². The third-order valence-corrected chi connectivity index (χ3v) is 5.50. The van der Waals surface area contributed by atoms with Crippen molar-refractivity contribution in [3.8, 4) is 0 Å². The third-order valence-electron chi connectivity index (χ3n) is 5.50. The number of allylic oxidation sites excluding steroid dienone is 1. The fraction of sp³-hybridized carbons (Fsp3) is 0.619. The molecule has 1 aromatic rings. The zero-order chi connectivity index (χ0) is 14.3. The first-order valence-electron chi connectivity index (χ1n) is 9.22. The van der Waals surface area contributed by atoms with Gasteiger partial charge in [0.1, 0.15) is 0 Å². The second-order valence-corrected chi connectivity index (χ2v) is 7.03. The first-order valence-corrected chi connectivity index (χ1v) is 9.22. The van der Waals surface area contributed by atoms with Gasteiger partial charge in [0, 0.05) is 5.92 Å². The molecule has 1 atom stereocenters. The van der Waals surface area contributed by atoms with E-state index in [1.54, 1.807) is 5.56 Å². The Morgan fingerprint density at radius 1 is 0.667 bits per heavy atom. The first kappa shape index (κ1) is 14.9. The lowest BCUT2D eigenvalue weighted by molar-refractivity contribution is 0.369. The molecule has 21 heavy (non-hydrogen) atoms. The van der Waals surface area contributed by atoms with E-state index in [2.05, 4.69) is 36.4 Å². The van der Waals surface area contributed by atoms with Gasteiger partial charge in [-0.1, -0.05) is 94.2 Å². The summed E-state index contributed by atoms with van der Waals surface area (Å²) in [6.07, 6.45) is 20.8. The van der Waals surface area contributed by atoms with Crippen molar-refractivity contribution >= 4 is 6.08 Å². The van der Waals surface area contributed by atoms with Crippen LogP contribution in [0.25, 0.3) is 6.08 Å². The predicted molar refractivity (Wildman–Crippen MR) is 92.5 cm³/mol. The fourth-order valence-corrected chi connectivity index (χ4v) is 4.24. The number of benzene rings is 1. The third kappa shape index (κ3) is 3.99. The molecule has 0 amide bonds. The lowest BCUT2D eigenvalue weighted by Gasteiger charge is -2.24. The summed E-state index contributed by atoms with van der Waals surface area (Å²) in [5.74, 6) is 1.58. The van der Waals surface area contributed by atoms with Crippen molar-refractivity contribution in [1.29, 1.82) is 0 Å². The Kier molecular flexibility index (Phi) is 5.54. The van der Waals surface area contributed by atoms with Crippen LogP contribution >= 0.6 is 0 Å². The Bertz CT molecular complexity index is 445. The Hall–Kier alpha value is -1.04. The van der Waals surface area contributed by atoms with Crippen LogP contribution in [0.1, 0.15) is 87.7 Å². The second kappa shape index (κ2) is 7.82. The summed E-state index contributed by atoms with van der Waals surface area (Å²) in [5, 5.41) is 0. The van der Waals surface area contributed by atoms with E-state index in [1.807, 2.05) is 0 Å². The van der Waals surface area contributed by atoms with E-state index in [4.69, 9.17) is 0 Å². The topological polar surface area (TPSA) is 0 Å². The lowest BCUT2D eigenvalue weighted by atomic mass is 9.80. The lowest BCUT2D eigenvalue weighted by Crippen LogP contribution is -2.11. The van der Waals surface area contributed by atoms with Gasteiger partial charge in [-0.3, -0.25) is 0 Å². The summed E-state index contributed by atoms with van der Waals surface area (Å²) < 4.78 is 0. The summed E-state index contributed by atoms with van der Waals surface area (Å²) in [4.78, 5) is 0. The summed E-state index contributed by atoms with van der Waals surface area (Å²) in [6, 6.07) is 9.03. The van der Waals surface area contributed by atoms with E-state index in [-0.39, 0.29) is 0 Å². The number of hydrogen-bond acceptors (Lipinski definition) is 0. The molecule has 0 bridgehead atoms. The van der Waals surface area contributed by atoms with Crippen LogP contribution in [0.2, 0.25) is 0 Å². The molecule has 0 saturated heterocycles. The van der Waals surface area contributed by atoms with E-state index in [0.717, 1.165) is 5.92 Å². The summed E-state index contributed by atoms with van der Waals surface area (Å²) >= 11 is 0. The van der Waals surface area contributed by atoms with Crippen molar-refractivity contribution in [1.82, 2.24) is 0 Å². The fourth-order valence-electron chi connectivity index (χ4n) is 4.24. The molecule has 1 aromatic carbocycles. The average molecular weight is 282 g/mol. The van der Waals surface area contributed by atoms with Crippen LogP contribution in [-0.2, 0) is 0 Å². The molecule has 0 N–H and O–H groups in total. The highest BCUT2D eigenvalue weighted by molar-refractivity contribution is 5.62. The molecule has 0 spiro atoms. The van der Waals surface area contributed by atoms with E-state index in [0.29, 0.717) is 5.92 Å². The molecule has 2 aliphatic carbocycles. The number of fused-ring (bicyclic) bond motifs is 1. The first-order chi connectivity index (χ1) is 10.4. The van der Waals surface area contributed by atoms with E-state index >= 15 is 0 Å². The quantitative estimate of drug-likeness (QED) is 0.536. The van der Waals surface area contributed by atoms with Gasteiger partial charge >= 0.3 is 0 Å². The van der Waals surface area contributed by atoms with Crippen molar-refractivity contribution in [3.05, 3.63) is 41.5 Å². The van der Waals surface area contributed by atoms with Crippen LogP contribution in [0, 0.1) is 5.92 Å². The number of hydrogen-bond donors (Lipinski definition) is 0. The van der Waals surface area contributed by atoms with Crippen LogP contribution in [0.4, 0.5) is 0 Å². The van der Waals surface area contributed by atoms with Crippen molar-refractivity contribution < 1.29 is 0 Å². The van der Waals surface area contributed by atoms with Crippen molar-refractivity contribution in [2.75, 3.05) is 0 Å². The van der Waals surface area contributed by atoms with E-state index < -0.39 is 0 Å². The molecule has 0 heterocycles. The Labute approximate surface area is 130 Å². The maximum absolute atomic E-state index is 2.49. The van der Waals surface area contributed by atoms with Gasteiger partial charge in [0.15, 0.2) is 0 Å². The summed E-state index contributed by atoms with van der Waals surface area (Å²) in [7, 11) is 0. The molecular weight excluding hydrogens is 252 g/mol. The van der Waals surface area contributed by atoms with Crippen LogP contribution < -0.4 is 0 Å². The highest BCUT2D eigenvalue weighted by Crippen LogP contribution is 2.40. The maximum Gasteiger partial charge on any atom is 0.00555 e. The minimum atomic E-state index is 0.698. The molecule has 0 aromatic heterocycles. The molecular formula is C21H30. The van der Waals surface area contributed by atoms with Gasteiger partial charge in [0.2, 0.25) is 0 Å². The van der Waals surface area contributed by atoms with Crippen molar-refractivity contribution in [3.63, 3.8) is 0 Å². The molecule has 1 unspecified atom stereocenters. The van der Waals surface area contributed by atoms with Crippen LogP contribution in [0.15, 0.2) is 30.3 Å². The summed E-state index contributed by atoms with van der Waals surface area (Å²) in [5.41, 5.74) is 3.06. The van der Waals surface area contributed by atoms with Crippen LogP contribution in [-0.4, -0.2) is 0 Å². The largest absolute Gasteiger partial charge is 0.0761 e. The van der Waals surface area contributed by atoms with Crippen molar-refractivity contribution in [2.45, 2.75) is 76.5 Å². The molecule has 0 radical (unpaired) electrons. The highest BCUT2D eigenvalue weighted by Gasteiger charge is 2.25. The summed E-state index contributed by atoms with van der Waals surface area (Å²) in [6.45, 7) is 0. The van der Waals surface area contributed by atoms with Crippen molar-refractivity contribution in [2.24, 2.45) is 5.92 Å². The minimum Gasteiger partial charge on any atom is -0.0761 e. The average Bonchev–Trinajstić information content (AvgIpc) is 2.92. The molecule has 0 aliphatic heterocycles. The van der Waals surface area contributed by atoms with Crippen LogP contribution in [0.5, 0.6) is 0 Å². The monoisotopic (exact) mass is 282 g/mol. The second-order valence-electron chi connectivity index (χ2n) is 7.03.